The summed E-state index contributed by atoms with van der Waals surface area (Å²) in [6, 6.07) is 9.83. The summed E-state index contributed by atoms with van der Waals surface area (Å²) in [5.41, 5.74) is 1.37. The predicted molar refractivity (Wildman–Crippen MR) is 108 cm³/mol. The van der Waals surface area contributed by atoms with E-state index in [0.29, 0.717) is 23.8 Å². The monoisotopic (exact) mass is 417 g/mol. The van der Waals surface area contributed by atoms with Gasteiger partial charge < -0.3 is 9.72 Å². The second-order valence-corrected chi connectivity index (χ2v) is 8.50. The number of hydrogen-bond donors (Lipinski definition) is 1. The Labute approximate surface area is 159 Å². The summed E-state index contributed by atoms with van der Waals surface area (Å²) in [5.74, 6) is 1.31. The first-order valence-electron chi connectivity index (χ1n) is 8.74. The number of ether oxygens (including phenoxy) is 1. The minimum Gasteiger partial charge on any atom is -0.492 e. The first kappa shape index (κ1) is 16.9. The second kappa shape index (κ2) is 7.34. The van der Waals surface area contributed by atoms with Crippen molar-refractivity contribution in [2.45, 2.75) is 32.1 Å². The van der Waals surface area contributed by atoms with Gasteiger partial charge in [0.1, 0.15) is 5.75 Å². The van der Waals surface area contributed by atoms with Crippen molar-refractivity contribution in [3.05, 3.63) is 50.5 Å². The van der Waals surface area contributed by atoms with Crippen molar-refractivity contribution in [2.75, 3.05) is 6.61 Å². The van der Waals surface area contributed by atoms with Crippen molar-refractivity contribution >= 4 is 38.2 Å². The van der Waals surface area contributed by atoms with Crippen LogP contribution in [0, 0.1) is 5.92 Å². The van der Waals surface area contributed by atoms with Gasteiger partial charge in [0.25, 0.3) is 5.56 Å². The quantitative estimate of drug-likeness (QED) is 0.567. The normalized spacial score (nSPS) is 15.6. The number of aromatic amines is 1. The molecule has 1 N–H and O–H groups in total. The van der Waals surface area contributed by atoms with Crippen LogP contribution in [0.5, 0.6) is 5.75 Å². The summed E-state index contributed by atoms with van der Waals surface area (Å²) in [4.78, 5) is 16.7. The molecule has 3 aromatic rings. The van der Waals surface area contributed by atoms with E-state index in [-0.39, 0.29) is 5.56 Å². The zero-order chi connectivity index (χ0) is 17.2. The molecule has 0 saturated heterocycles. The molecule has 0 bridgehead atoms. The Balaban J connectivity index is 1.81. The summed E-state index contributed by atoms with van der Waals surface area (Å²) >= 11 is 5.11. The van der Waals surface area contributed by atoms with Crippen LogP contribution in [0.4, 0.5) is 0 Å². The molecule has 0 unspecified atom stereocenters. The Hall–Kier alpha value is -1.59. The molecule has 25 heavy (non-hydrogen) atoms. The van der Waals surface area contributed by atoms with E-state index in [9.17, 15) is 4.79 Å². The number of fused-ring (bicyclic) bond motifs is 1. The fourth-order valence-electron chi connectivity index (χ4n) is 3.59. The van der Waals surface area contributed by atoms with E-state index >= 15 is 0 Å². The molecule has 0 aliphatic heterocycles. The second-order valence-electron chi connectivity index (χ2n) is 6.64. The van der Waals surface area contributed by atoms with Gasteiger partial charge in [-0.3, -0.25) is 4.79 Å². The first-order valence-corrected chi connectivity index (χ1v) is 10.4. The number of pyridine rings is 1. The van der Waals surface area contributed by atoms with Crippen molar-refractivity contribution in [1.29, 1.82) is 0 Å². The topological polar surface area (TPSA) is 42.1 Å². The lowest BCUT2D eigenvalue weighted by Gasteiger charge is -2.23. The molecule has 3 nitrogen and oxygen atoms in total. The lowest BCUT2D eigenvalue weighted by atomic mass is 9.90. The van der Waals surface area contributed by atoms with Crippen LogP contribution >= 0.6 is 27.3 Å². The van der Waals surface area contributed by atoms with Crippen LogP contribution in [0.1, 0.15) is 32.1 Å². The highest BCUT2D eigenvalue weighted by Gasteiger charge is 2.20. The Morgan fingerprint density at radius 1 is 1.20 bits per heavy atom. The number of hydrogen-bond acceptors (Lipinski definition) is 3. The third-order valence-electron chi connectivity index (χ3n) is 4.88. The summed E-state index contributed by atoms with van der Waals surface area (Å²) in [5, 5.41) is 2.94. The molecule has 130 valence electrons. The van der Waals surface area contributed by atoms with Crippen LogP contribution in [0.3, 0.4) is 0 Å². The molecular weight excluding hydrogens is 398 g/mol. The standard InChI is InChI=1S/C20H20BrNO2S/c21-14-8-9-16-15(11-14)19(24-12-13-5-2-1-3-6-13)18(20(23)22-16)17-7-4-10-25-17/h4,7-11,13H,1-3,5-6,12H2,(H,22,23). The molecule has 0 radical (unpaired) electrons. The Bertz CT molecular complexity index is 927. The average Bonchev–Trinajstić information content (AvgIpc) is 3.15. The molecule has 2 heterocycles. The highest BCUT2D eigenvalue weighted by molar-refractivity contribution is 9.10. The number of nitrogens with one attached hydrogen (secondary N) is 1. The van der Waals surface area contributed by atoms with Gasteiger partial charge in [-0.25, -0.2) is 0 Å². The van der Waals surface area contributed by atoms with Crippen LogP contribution in [0.15, 0.2) is 45.0 Å². The minimum atomic E-state index is -0.0871. The summed E-state index contributed by atoms with van der Waals surface area (Å²) in [6.45, 7) is 0.684. The third kappa shape index (κ3) is 3.53. The van der Waals surface area contributed by atoms with E-state index in [1.807, 2.05) is 35.7 Å². The van der Waals surface area contributed by atoms with Gasteiger partial charge in [-0.2, -0.15) is 0 Å². The maximum absolute atomic E-state index is 12.7. The first-order chi connectivity index (χ1) is 12.2. The number of rotatable bonds is 4. The van der Waals surface area contributed by atoms with Gasteiger partial charge in [-0.15, -0.1) is 11.3 Å². The minimum absolute atomic E-state index is 0.0871. The SMILES string of the molecule is O=c1[nH]c2ccc(Br)cc2c(OCC2CCCCC2)c1-c1cccs1. The van der Waals surface area contributed by atoms with Crippen molar-refractivity contribution in [2.24, 2.45) is 5.92 Å². The smallest absolute Gasteiger partial charge is 0.260 e. The number of aromatic nitrogens is 1. The maximum Gasteiger partial charge on any atom is 0.260 e. The zero-order valence-electron chi connectivity index (χ0n) is 13.9. The molecule has 0 spiro atoms. The lowest BCUT2D eigenvalue weighted by molar-refractivity contribution is 0.211. The van der Waals surface area contributed by atoms with E-state index < -0.39 is 0 Å². The van der Waals surface area contributed by atoms with Crippen molar-refractivity contribution in [3.63, 3.8) is 0 Å². The molecule has 1 aliphatic carbocycles. The Morgan fingerprint density at radius 2 is 2.04 bits per heavy atom. The fourth-order valence-corrected chi connectivity index (χ4v) is 4.71. The number of benzene rings is 1. The molecule has 5 heteroatoms. The molecule has 0 amide bonds. The molecule has 1 fully saturated rings. The number of H-pyrrole nitrogens is 1. The van der Waals surface area contributed by atoms with Crippen molar-refractivity contribution < 1.29 is 4.74 Å². The van der Waals surface area contributed by atoms with Gasteiger partial charge >= 0.3 is 0 Å². The lowest BCUT2D eigenvalue weighted by Crippen LogP contribution is -2.18. The van der Waals surface area contributed by atoms with Crippen LogP contribution < -0.4 is 10.3 Å². The molecule has 1 aromatic carbocycles. The molecule has 1 saturated carbocycles. The molecule has 2 aromatic heterocycles. The number of thiophene rings is 1. The van der Waals surface area contributed by atoms with Crippen LogP contribution in [0.2, 0.25) is 0 Å². The highest BCUT2D eigenvalue weighted by atomic mass is 79.9. The Morgan fingerprint density at radius 3 is 2.80 bits per heavy atom. The summed E-state index contributed by atoms with van der Waals surface area (Å²) < 4.78 is 7.29. The highest BCUT2D eigenvalue weighted by Crippen LogP contribution is 2.37. The van der Waals surface area contributed by atoms with Crippen LogP contribution in [-0.2, 0) is 0 Å². The van der Waals surface area contributed by atoms with Gasteiger partial charge in [0, 0.05) is 14.7 Å². The largest absolute Gasteiger partial charge is 0.492 e. The van der Waals surface area contributed by atoms with Gasteiger partial charge in [0.05, 0.1) is 17.7 Å². The zero-order valence-corrected chi connectivity index (χ0v) is 16.3. The van der Waals surface area contributed by atoms with Crippen molar-refractivity contribution in [1.82, 2.24) is 4.98 Å². The van der Waals surface area contributed by atoms with E-state index in [1.165, 1.54) is 32.1 Å². The van der Waals surface area contributed by atoms with Gasteiger partial charge in [0.15, 0.2) is 0 Å². The molecule has 4 rings (SSSR count). The van der Waals surface area contributed by atoms with E-state index in [4.69, 9.17) is 4.74 Å². The van der Waals surface area contributed by atoms with E-state index in [1.54, 1.807) is 11.3 Å². The summed E-state index contributed by atoms with van der Waals surface area (Å²) in [7, 11) is 0. The van der Waals surface area contributed by atoms with Crippen molar-refractivity contribution in [3.8, 4) is 16.2 Å². The molecule has 1 aliphatic rings. The summed E-state index contributed by atoms with van der Waals surface area (Å²) in [6.07, 6.45) is 6.34. The fraction of sp³-hybridized carbons (Fsp3) is 0.350. The van der Waals surface area contributed by atoms with Crippen LogP contribution in [0.25, 0.3) is 21.3 Å². The molecule has 0 atom stereocenters. The maximum atomic E-state index is 12.7. The molecular formula is C20H20BrNO2S. The van der Waals surface area contributed by atoms with E-state index in [0.717, 1.165) is 20.3 Å². The number of halogens is 1. The van der Waals surface area contributed by atoms with Gasteiger partial charge in [0.2, 0.25) is 0 Å². The average molecular weight is 418 g/mol. The van der Waals surface area contributed by atoms with Gasteiger partial charge in [-0.05, 0) is 48.4 Å². The third-order valence-corrected chi connectivity index (χ3v) is 6.26. The van der Waals surface area contributed by atoms with Crippen LogP contribution in [-0.4, -0.2) is 11.6 Å². The predicted octanol–water partition coefficient (Wildman–Crippen LogP) is 5.98. The van der Waals surface area contributed by atoms with E-state index in [2.05, 4.69) is 20.9 Å². The van der Waals surface area contributed by atoms with Gasteiger partial charge in [-0.1, -0.05) is 41.3 Å². The Kier molecular flexibility index (Phi) is 4.95.